The van der Waals surface area contributed by atoms with Gasteiger partial charge in [-0.2, -0.15) is 0 Å². The summed E-state index contributed by atoms with van der Waals surface area (Å²) in [4.78, 5) is 28.7. The minimum Gasteiger partial charge on any atom is -0.497 e. The second-order valence-corrected chi connectivity index (χ2v) is 10.8. The van der Waals surface area contributed by atoms with Gasteiger partial charge in [0.05, 0.1) is 12.9 Å². The molecule has 0 aliphatic rings. The monoisotopic (exact) mass is 568 g/mol. The highest BCUT2D eigenvalue weighted by Gasteiger charge is 2.30. The molecule has 1 unspecified atom stereocenters. The topological polar surface area (TPSA) is 58.6 Å². The fourth-order valence-electron chi connectivity index (χ4n) is 3.78. The van der Waals surface area contributed by atoms with Crippen molar-refractivity contribution in [1.29, 1.82) is 0 Å². The van der Waals surface area contributed by atoms with Gasteiger partial charge in [-0.15, -0.1) is 11.8 Å². The van der Waals surface area contributed by atoms with Crippen LogP contribution in [0.2, 0.25) is 0 Å². The number of benzene rings is 3. The first-order chi connectivity index (χ1) is 17.4. The lowest BCUT2D eigenvalue weighted by Gasteiger charge is -2.32. The number of carbonyl (C=O) groups is 2. The van der Waals surface area contributed by atoms with Gasteiger partial charge in [0.15, 0.2) is 0 Å². The van der Waals surface area contributed by atoms with Crippen molar-refractivity contribution >= 4 is 39.5 Å². The Bertz CT molecular complexity index is 1110. The molecule has 2 amide bonds. The third kappa shape index (κ3) is 8.71. The van der Waals surface area contributed by atoms with Gasteiger partial charge in [-0.25, -0.2) is 0 Å². The van der Waals surface area contributed by atoms with Gasteiger partial charge in [-0.1, -0.05) is 70.5 Å². The molecule has 0 aliphatic carbocycles. The van der Waals surface area contributed by atoms with Crippen molar-refractivity contribution in [2.75, 3.05) is 12.9 Å². The van der Waals surface area contributed by atoms with Crippen LogP contribution in [0.15, 0.2) is 83.3 Å². The fraction of sp³-hybridized carbons (Fsp3) is 0.310. The highest BCUT2D eigenvalue weighted by Crippen LogP contribution is 2.21. The van der Waals surface area contributed by atoms with Crippen LogP contribution >= 0.6 is 27.7 Å². The first-order valence-corrected chi connectivity index (χ1v) is 13.9. The van der Waals surface area contributed by atoms with E-state index in [1.165, 1.54) is 0 Å². The molecule has 3 aromatic carbocycles. The number of thioether (sulfide) groups is 1. The first kappa shape index (κ1) is 27.8. The number of hydrogen-bond donors (Lipinski definition) is 1. The zero-order chi connectivity index (χ0) is 25.9. The summed E-state index contributed by atoms with van der Waals surface area (Å²) < 4.78 is 6.19. The molecule has 3 aromatic rings. The van der Waals surface area contributed by atoms with Crippen molar-refractivity contribution < 1.29 is 14.3 Å². The largest absolute Gasteiger partial charge is 0.497 e. The Morgan fingerprint density at radius 3 is 2.17 bits per heavy atom. The van der Waals surface area contributed by atoms with Crippen molar-refractivity contribution in [2.45, 2.75) is 44.6 Å². The average molecular weight is 570 g/mol. The van der Waals surface area contributed by atoms with Crippen molar-refractivity contribution in [3.05, 3.63) is 100 Å². The van der Waals surface area contributed by atoms with Crippen LogP contribution in [0.25, 0.3) is 0 Å². The third-order valence-electron chi connectivity index (χ3n) is 5.62. The average Bonchev–Trinajstić information content (AvgIpc) is 2.87. The maximum Gasteiger partial charge on any atom is 0.243 e. The Morgan fingerprint density at radius 1 is 0.917 bits per heavy atom. The summed E-state index contributed by atoms with van der Waals surface area (Å²) in [6.07, 6.45) is 0.449. The highest BCUT2D eigenvalue weighted by atomic mass is 79.9. The zero-order valence-corrected chi connectivity index (χ0v) is 23.3. The standard InChI is InChI=1S/C29H33BrN2O3S/c1-21(2)31-29(34)27(17-22-7-5-4-6-8-22)32(18-23-9-13-25(30)14-10-23)28(33)20-36-19-24-11-15-26(35-3)16-12-24/h4-16,21,27H,17-20H2,1-3H3,(H,31,34). The fourth-order valence-corrected chi connectivity index (χ4v) is 4.92. The molecule has 0 radical (unpaired) electrons. The molecule has 5 nitrogen and oxygen atoms in total. The van der Waals surface area contributed by atoms with Gasteiger partial charge in [-0.05, 0) is 54.8 Å². The van der Waals surface area contributed by atoms with Crippen LogP contribution < -0.4 is 10.1 Å². The van der Waals surface area contributed by atoms with E-state index in [1.807, 2.05) is 92.7 Å². The predicted molar refractivity (Wildman–Crippen MR) is 151 cm³/mol. The van der Waals surface area contributed by atoms with E-state index in [4.69, 9.17) is 4.74 Å². The van der Waals surface area contributed by atoms with Crippen molar-refractivity contribution in [2.24, 2.45) is 0 Å². The van der Waals surface area contributed by atoms with Crippen LogP contribution in [-0.4, -0.2) is 41.7 Å². The van der Waals surface area contributed by atoms with E-state index in [0.29, 0.717) is 18.7 Å². The summed E-state index contributed by atoms with van der Waals surface area (Å²) in [7, 11) is 1.64. The number of nitrogens with zero attached hydrogens (tertiary/aromatic N) is 1. The normalized spacial score (nSPS) is 11.7. The number of nitrogens with one attached hydrogen (secondary N) is 1. The molecule has 0 saturated carbocycles. The molecule has 0 aromatic heterocycles. The van der Waals surface area contributed by atoms with E-state index in [-0.39, 0.29) is 23.6 Å². The molecule has 36 heavy (non-hydrogen) atoms. The molecule has 7 heteroatoms. The van der Waals surface area contributed by atoms with Gasteiger partial charge < -0.3 is 15.0 Å². The lowest BCUT2D eigenvalue weighted by atomic mass is 10.0. The smallest absolute Gasteiger partial charge is 0.243 e. The SMILES string of the molecule is COc1ccc(CSCC(=O)N(Cc2ccc(Br)cc2)C(Cc2ccccc2)C(=O)NC(C)C)cc1. The minimum absolute atomic E-state index is 0.0233. The van der Waals surface area contributed by atoms with E-state index in [0.717, 1.165) is 26.9 Å². The van der Waals surface area contributed by atoms with E-state index in [9.17, 15) is 9.59 Å². The lowest BCUT2D eigenvalue weighted by Crippen LogP contribution is -2.52. The van der Waals surface area contributed by atoms with Gasteiger partial charge >= 0.3 is 0 Å². The molecule has 190 valence electrons. The summed E-state index contributed by atoms with van der Waals surface area (Å²) in [5.41, 5.74) is 3.11. The summed E-state index contributed by atoms with van der Waals surface area (Å²) >= 11 is 5.02. The summed E-state index contributed by atoms with van der Waals surface area (Å²) in [5.74, 6) is 1.59. The summed E-state index contributed by atoms with van der Waals surface area (Å²) in [6.45, 7) is 4.23. The molecule has 0 bridgehead atoms. The molecule has 1 N–H and O–H groups in total. The Morgan fingerprint density at radius 2 is 1.56 bits per heavy atom. The maximum absolute atomic E-state index is 13.6. The molecule has 0 heterocycles. The maximum atomic E-state index is 13.6. The van der Waals surface area contributed by atoms with E-state index >= 15 is 0 Å². The van der Waals surface area contributed by atoms with Crippen LogP contribution in [0, 0.1) is 0 Å². The second kappa shape index (κ2) is 14.1. The molecule has 0 aliphatic heterocycles. The molecular weight excluding hydrogens is 536 g/mol. The van der Waals surface area contributed by atoms with Crippen LogP contribution in [-0.2, 0) is 28.3 Å². The quantitative estimate of drug-likeness (QED) is 0.297. The minimum atomic E-state index is -0.618. The number of rotatable bonds is 12. The molecule has 3 rings (SSSR count). The van der Waals surface area contributed by atoms with Crippen LogP contribution in [0.3, 0.4) is 0 Å². The van der Waals surface area contributed by atoms with Crippen LogP contribution in [0.5, 0.6) is 5.75 Å². The number of amides is 2. The van der Waals surface area contributed by atoms with Gasteiger partial charge in [0, 0.05) is 29.2 Å². The molecule has 0 fully saturated rings. The Labute approximate surface area is 226 Å². The number of ether oxygens (including phenoxy) is 1. The Balaban J connectivity index is 1.81. The van der Waals surface area contributed by atoms with Crippen LogP contribution in [0.1, 0.15) is 30.5 Å². The van der Waals surface area contributed by atoms with Crippen molar-refractivity contribution in [1.82, 2.24) is 10.2 Å². The molecule has 1 atom stereocenters. The Kier molecular flexibility index (Phi) is 10.9. The lowest BCUT2D eigenvalue weighted by molar-refractivity contribution is -0.139. The third-order valence-corrected chi connectivity index (χ3v) is 7.14. The van der Waals surface area contributed by atoms with Gasteiger partial charge in [-0.3, -0.25) is 9.59 Å². The first-order valence-electron chi connectivity index (χ1n) is 11.9. The highest BCUT2D eigenvalue weighted by molar-refractivity contribution is 9.10. The Hall–Kier alpha value is -2.77. The summed E-state index contributed by atoms with van der Waals surface area (Å²) in [6, 6.07) is 24.9. The van der Waals surface area contributed by atoms with Crippen LogP contribution in [0.4, 0.5) is 0 Å². The van der Waals surface area contributed by atoms with Crippen molar-refractivity contribution in [3.8, 4) is 5.75 Å². The number of halogens is 1. The molecular formula is C29H33BrN2O3S. The van der Waals surface area contributed by atoms with Gasteiger partial charge in [0.25, 0.3) is 0 Å². The van der Waals surface area contributed by atoms with E-state index in [2.05, 4.69) is 21.2 Å². The number of carbonyl (C=O) groups excluding carboxylic acids is 2. The van der Waals surface area contributed by atoms with Gasteiger partial charge in [0.1, 0.15) is 11.8 Å². The van der Waals surface area contributed by atoms with Crippen molar-refractivity contribution in [3.63, 3.8) is 0 Å². The predicted octanol–water partition coefficient (Wildman–Crippen LogP) is 5.86. The van der Waals surface area contributed by atoms with E-state index < -0.39 is 6.04 Å². The zero-order valence-electron chi connectivity index (χ0n) is 20.9. The van der Waals surface area contributed by atoms with Gasteiger partial charge in [0.2, 0.25) is 11.8 Å². The second-order valence-electron chi connectivity index (χ2n) is 8.86. The van der Waals surface area contributed by atoms with E-state index in [1.54, 1.807) is 23.8 Å². The summed E-state index contributed by atoms with van der Waals surface area (Å²) in [5, 5.41) is 3.03. The number of hydrogen-bond acceptors (Lipinski definition) is 4. The molecule has 0 saturated heterocycles. The molecule has 0 spiro atoms. The number of methoxy groups -OCH3 is 1.